The van der Waals surface area contributed by atoms with Crippen LogP contribution in [0.4, 0.5) is 0 Å². The first-order chi connectivity index (χ1) is 4.61. The standard InChI is InChI=1S/C7H8ClNO/c1-5-3-9(2)4-6(8)7(5)10/h3-4H,1-2H3. The zero-order chi connectivity index (χ0) is 7.72. The number of hydrogen-bond donors (Lipinski definition) is 0. The fourth-order valence-electron chi connectivity index (χ4n) is 0.827. The van der Waals surface area contributed by atoms with Crippen molar-refractivity contribution < 1.29 is 0 Å². The van der Waals surface area contributed by atoms with Crippen LogP contribution in [0.3, 0.4) is 0 Å². The topological polar surface area (TPSA) is 22.0 Å². The number of rotatable bonds is 0. The highest BCUT2D eigenvalue weighted by Gasteiger charge is 1.97. The Hall–Kier alpha value is -0.760. The van der Waals surface area contributed by atoms with Gasteiger partial charge in [0.15, 0.2) is 0 Å². The number of halogens is 1. The third-order valence-electron chi connectivity index (χ3n) is 1.29. The van der Waals surface area contributed by atoms with E-state index in [0.29, 0.717) is 5.56 Å². The molecule has 0 saturated heterocycles. The van der Waals surface area contributed by atoms with Crippen molar-refractivity contribution in [3.63, 3.8) is 0 Å². The molecule has 1 rings (SSSR count). The van der Waals surface area contributed by atoms with Gasteiger partial charge in [0.25, 0.3) is 0 Å². The average molecular weight is 158 g/mol. The van der Waals surface area contributed by atoms with Crippen LogP contribution >= 0.6 is 11.6 Å². The van der Waals surface area contributed by atoms with E-state index >= 15 is 0 Å². The Morgan fingerprint density at radius 1 is 1.50 bits per heavy atom. The molecular formula is C7H8ClNO. The third-order valence-corrected chi connectivity index (χ3v) is 1.56. The van der Waals surface area contributed by atoms with E-state index in [4.69, 9.17) is 11.6 Å². The number of pyridine rings is 1. The van der Waals surface area contributed by atoms with Crippen LogP contribution in [0.2, 0.25) is 5.02 Å². The lowest BCUT2D eigenvalue weighted by Gasteiger charge is -1.98. The van der Waals surface area contributed by atoms with Gasteiger partial charge in [-0.1, -0.05) is 11.6 Å². The molecule has 0 amide bonds. The number of aryl methyl sites for hydroxylation is 2. The SMILES string of the molecule is Cc1cn(C)cc(Cl)c1=O. The summed E-state index contributed by atoms with van der Waals surface area (Å²) in [6.45, 7) is 1.74. The maximum absolute atomic E-state index is 11.0. The molecule has 2 nitrogen and oxygen atoms in total. The molecule has 3 heteroatoms. The Balaban J connectivity index is 3.46. The van der Waals surface area contributed by atoms with Crippen LogP contribution in [0.5, 0.6) is 0 Å². The first-order valence-electron chi connectivity index (χ1n) is 2.93. The van der Waals surface area contributed by atoms with E-state index in [2.05, 4.69) is 0 Å². The van der Waals surface area contributed by atoms with Crippen LogP contribution in [0.1, 0.15) is 5.56 Å². The van der Waals surface area contributed by atoms with E-state index in [0.717, 1.165) is 0 Å². The molecule has 54 valence electrons. The van der Waals surface area contributed by atoms with Crippen LogP contribution in [-0.4, -0.2) is 4.57 Å². The van der Waals surface area contributed by atoms with E-state index in [1.54, 1.807) is 23.9 Å². The van der Waals surface area contributed by atoms with Crippen LogP contribution in [0.25, 0.3) is 0 Å². The van der Waals surface area contributed by atoms with E-state index in [1.165, 1.54) is 0 Å². The summed E-state index contributed by atoms with van der Waals surface area (Å²) in [5, 5.41) is 0.280. The Bertz CT molecular complexity index is 277. The summed E-state index contributed by atoms with van der Waals surface area (Å²) < 4.78 is 1.76. The normalized spacial score (nSPS) is 9.90. The zero-order valence-corrected chi connectivity index (χ0v) is 6.64. The molecule has 1 aromatic heterocycles. The van der Waals surface area contributed by atoms with Crippen molar-refractivity contribution >= 4 is 11.6 Å². The molecule has 0 bridgehead atoms. The summed E-state index contributed by atoms with van der Waals surface area (Å²) in [6.07, 6.45) is 3.34. The Kier molecular flexibility index (Phi) is 1.81. The van der Waals surface area contributed by atoms with E-state index < -0.39 is 0 Å². The summed E-state index contributed by atoms with van der Waals surface area (Å²) in [7, 11) is 1.83. The Labute approximate surface area is 64.1 Å². The molecule has 0 N–H and O–H groups in total. The molecule has 10 heavy (non-hydrogen) atoms. The summed E-state index contributed by atoms with van der Waals surface area (Å²) in [5.74, 6) is 0. The predicted molar refractivity (Wildman–Crippen MR) is 41.4 cm³/mol. The van der Waals surface area contributed by atoms with Gasteiger partial charge in [0, 0.05) is 25.0 Å². The van der Waals surface area contributed by atoms with Gasteiger partial charge in [0.05, 0.1) is 0 Å². The first kappa shape index (κ1) is 7.35. The maximum atomic E-state index is 11.0. The molecule has 0 saturated carbocycles. The van der Waals surface area contributed by atoms with Gasteiger partial charge in [-0.25, -0.2) is 0 Å². The summed E-state index contributed by atoms with van der Waals surface area (Å²) in [6, 6.07) is 0. The van der Waals surface area contributed by atoms with Crippen molar-refractivity contribution in [1.82, 2.24) is 4.57 Å². The van der Waals surface area contributed by atoms with Gasteiger partial charge in [-0.2, -0.15) is 0 Å². The van der Waals surface area contributed by atoms with Crippen LogP contribution < -0.4 is 5.43 Å². The van der Waals surface area contributed by atoms with Gasteiger partial charge in [-0.15, -0.1) is 0 Å². The van der Waals surface area contributed by atoms with Crippen molar-refractivity contribution in [3.8, 4) is 0 Å². The fraction of sp³-hybridized carbons (Fsp3) is 0.286. The van der Waals surface area contributed by atoms with Gasteiger partial charge < -0.3 is 4.57 Å². The summed E-state index contributed by atoms with van der Waals surface area (Å²) >= 11 is 5.59. The second-order valence-corrected chi connectivity index (χ2v) is 2.69. The van der Waals surface area contributed by atoms with Crippen molar-refractivity contribution in [2.45, 2.75) is 6.92 Å². The van der Waals surface area contributed by atoms with Crippen LogP contribution in [0, 0.1) is 6.92 Å². The van der Waals surface area contributed by atoms with Crippen molar-refractivity contribution in [1.29, 1.82) is 0 Å². The lowest BCUT2D eigenvalue weighted by Crippen LogP contribution is -2.08. The van der Waals surface area contributed by atoms with Gasteiger partial charge >= 0.3 is 0 Å². The van der Waals surface area contributed by atoms with Crippen molar-refractivity contribution in [2.75, 3.05) is 0 Å². The highest BCUT2D eigenvalue weighted by atomic mass is 35.5. The zero-order valence-electron chi connectivity index (χ0n) is 5.89. The summed E-state index contributed by atoms with van der Waals surface area (Å²) in [4.78, 5) is 11.0. The molecule has 0 aliphatic carbocycles. The first-order valence-corrected chi connectivity index (χ1v) is 3.31. The fourth-order valence-corrected chi connectivity index (χ4v) is 1.13. The van der Waals surface area contributed by atoms with E-state index in [1.807, 2.05) is 7.05 Å². The highest BCUT2D eigenvalue weighted by Crippen LogP contribution is 2.00. The highest BCUT2D eigenvalue weighted by molar-refractivity contribution is 6.30. The number of hydrogen-bond acceptors (Lipinski definition) is 1. The number of nitrogens with zero attached hydrogens (tertiary/aromatic N) is 1. The Morgan fingerprint density at radius 2 is 2.10 bits per heavy atom. The van der Waals surface area contributed by atoms with Gasteiger partial charge in [0.1, 0.15) is 5.02 Å². The molecule has 1 heterocycles. The number of aromatic nitrogens is 1. The minimum atomic E-state index is -0.0835. The molecule has 0 aliphatic heterocycles. The molecule has 0 atom stereocenters. The molecule has 0 fully saturated rings. The molecule has 0 aliphatic rings. The minimum absolute atomic E-state index is 0.0835. The van der Waals surface area contributed by atoms with Gasteiger partial charge in [-0.05, 0) is 6.92 Å². The average Bonchev–Trinajstić information content (AvgIpc) is 1.82. The molecule has 0 spiro atoms. The van der Waals surface area contributed by atoms with Crippen LogP contribution in [-0.2, 0) is 7.05 Å². The van der Waals surface area contributed by atoms with Gasteiger partial charge in [-0.3, -0.25) is 4.79 Å². The lowest BCUT2D eigenvalue weighted by atomic mass is 10.3. The van der Waals surface area contributed by atoms with Gasteiger partial charge in [0.2, 0.25) is 5.43 Å². The molecule has 0 unspecified atom stereocenters. The Morgan fingerprint density at radius 3 is 2.60 bits per heavy atom. The summed E-state index contributed by atoms with van der Waals surface area (Å²) in [5.41, 5.74) is 0.592. The molecule has 1 aromatic rings. The lowest BCUT2D eigenvalue weighted by molar-refractivity contribution is 0.889. The second kappa shape index (κ2) is 2.46. The van der Waals surface area contributed by atoms with Crippen molar-refractivity contribution in [2.24, 2.45) is 7.05 Å². The van der Waals surface area contributed by atoms with Crippen molar-refractivity contribution in [3.05, 3.63) is 33.2 Å². The quantitative estimate of drug-likeness (QED) is 0.557. The second-order valence-electron chi connectivity index (χ2n) is 2.28. The van der Waals surface area contributed by atoms with Crippen LogP contribution in [0.15, 0.2) is 17.2 Å². The largest absolute Gasteiger partial charge is 0.355 e. The predicted octanol–water partition coefficient (Wildman–Crippen LogP) is 1.35. The molecular weight excluding hydrogens is 150 g/mol. The molecule has 0 radical (unpaired) electrons. The van der Waals surface area contributed by atoms with E-state index in [-0.39, 0.29) is 10.5 Å². The monoisotopic (exact) mass is 157 g/mol. The van der Waals surface area contributed by atoms with E-state index in [9.17, 15) is 4.79 Å². The maximum Gasteiger partial charge on any atom is 0.203 e. The molecule has 0 aromatic carbocycles. The smallest absolute Gasteiger partial charge is 0.203 e. The third kappa shape index (κ3) is 1.21. The minimum Gasteiger partial charge on any atom is -0.355 e.